The standard InChI is InChI=1S/C22H26N4O3/c1-3-25(4-2)14-17-7-6-16(23-17)12-19-18-11-15(5-8-20(18)24-21(19)27)13-26-9-10-29-22(26)28/h5-8,11-12,23H,3-4,9-10,13-14H2,1-2H3,(H,24,27)/b19-12+. The summed E-state index contributed by atoms with van der Waals surface area (Å²) in [5, 5.41) is 2.92. The lowest BCUT2D eigenvalue weighted by atomic mass is 10.0. The Balaban J connectivity index is 1.56. The average Bonchev–Trinajstić information content (AvgIpc) is 3.41. The van der Waals surface area contributed by atoms with Gasteiger partial charge in [0.05, 0.1) is 12.1 Å². The highest BCUT2D eigenvalue weighted by atomic mass is 16.6. The molecule has 3 heterocycles. The van der Waals surface area contributed by atoms with Crippen molar-refractivity contribution in [2.75, 3.05) is 31.6 Å². The number of hydrogen-bond donors (Lipinski definition) is 2. The number of aromatic amines is 1. The molecule has 0 bridgehead atoms. The maximum absolute atomic E-state index is 12.5. The van der Waals surface area contributed by atoms with E-state index < -0.39 is 0 Å². The summed E-state index contributed by atoms with van der Waals surface area (Å²) >= 11 is 0. The van der Waals surface area contributed by atoms with Crippen LogP contribution in [0.2, 0.25) is 0 Å². The summed E-state index contributed by atoms with van der Waals surface area (Å²) in [5.74, 6) is -0.113. The van der Waals surface area contributed by atoms with Gasteiger partial charge in [-0.2, -0.15) is 0 Å². The molecule has 2 N–H and O–H groups in total. The van der Waals surface area contributed by atoms with Crippen LogP contribution in [-0.4, -0.2) is 53.0 Å². The van der Waals surface area contributed by atoms with Gasteiger partial charge in [-0.05, 0) is 49.0 Å². The third-order valence-corrected chi connectivity index (χ3v) is 5.44. The molecule has 7 heteroatoms. The Morgan fingerprint density at radius 1 is 1.17 bits per heavy atom. The fraction of sp³-hybridized carbons (Fsp3) is 0.364. The van der Waals surface area contributed by atoms with Crippen molar-refractivity contribution in [3.63, 3.8) is 0 Å². The van der Waals surface area contributed by atoms with Gasteiger partial charge in [-0.3, -0.25) is 9.69 Å². The third-order valence-electron chi connectivity index (χ3n) is 5.44. The number of carbonyl (C=O) groups is 2. The molecule has 2 aromatic rings. The number of benzene rings is 1. The molecule has 0 atom stereocenters. The molecule has 0 saturated carbocycles. The van der Waals surface area contributed by atoms with E-state index in [9.17, 15) is 9.59 Å². The van der Waals surface area contributed by atoms with E-state index in [4.69, 9.17) is 4.74 Å². The number of anilines is 1. The van der Waals surface area contributed by atoms with Crippen LogP contribution in [0, 0.1) is 0 Å². The first kappa shape index (κ1) is 19.3. The van der Waals surface area contributed by atoms with Crippen molar-refractivity contribution in [3.8, 4) is 0 Å². The van der Waals surface area contributed by atoms with Gasteiger partial charge in [0.1, 0.15) is 6.61 Å². The van der Waals surface area contributed by atoms with Crippen LogP contribution in [0.5, 0.6) is 0 Å². The molecular formula is C22H26N4O3. The molecule has 152 valence electrons. The van der Waals surface area contributed by atoms with Crippen molar-refractivity contribution >= 4 is 29.3 Å². The molecule has 2 amide bonds. The monoisotopic (exact) mass is 394 g/mol. The van der Waals surface area contributed by atoms with E-state index in [0.29, 0.717) is 25.3 Å². The van der Waals surface area contributed by atoms with Gasteiger partial charge in [0.15, 0.2) is 0 Å². The highest BCUT2D eigenvalue weighted by Crippen LogP contribution is 2.34. The van der Waals surface area contributed by atoms with Gasteiger partial charge < -0.3 is 19.9 Å². The van der Waals surface area contributed by atoms with E-state index in [0.717, 1.165) is 47.8 Å². The Kier molecular flexibility index (Phi) is 5.40. The van der Waals surface area contributed by atoms with Crippen LogP contribution in [0.1, 0.15) is 36.4 Å². The van der Waals surface area contributed by atoms with E-state index in [1.807, 2.05) is 30.3 Å². The van der Waals surface area contributed by atoms with Crippen LogP contribution >= 0.6 is 0 Å². The Morgan fingerprint density at radius 3 is 2.72 bits per heavy atom. The van der Waals surface area contributed by atoms with Crippen molar-refractivity contribution in [2.45, 2.75) is 26.9 Å². The number of nitrogens with zero attached hydrogens (tertiary/aromatic N) is 2. The average molecular weight is 394 g/mol. The minimum absolute atomic E-state index is 0.113. The minimum Gasteiger partial charge on any atom is -0.448 e. The zero-order chi connectivity index (χ0) is 20.4. The van der Waals surface area contributed by atoms with Gasteiger partial charge in [-0.1, -0.05) is 19.9 Å². The number of H-pyrrole nitrogens is 1. The van der Waals surface area contributed by atoms with E-state index in [1.54, 1.807) is 4.90 Å². The lowest BCUT2D eigenvalue weighted by molar-refractivity contribution is -0.110. The van der Waals surface area contributed by atoms with Gasteiger partial charge in [0.2, 0.25) is 0 Å². The predicted molar refractivity (Wildman–Crippen MR) is 112 cm³/mol. The number of ether oxygens (including phenoxy) is 1. The molecule has 1 aromatic heterocycles. The second-order valence-corrected chi connectivity index (χ2v) is 7.33. The Bertz CT molecular complexity index is 959. The fourth-order valence-electron chi connectivity index (χ4n) is 3.75. The number of rotatable bonds is 7. The maximum Gasteiger partial charge on any atom is 0.410 e. The van der Waals surface area contributed by atoms with Crippen molar-refractivity contribution in [1.29, 1.82) is 0 Å². The number of fused-ring (bicyclic) bond motifs is 1. The van der Waals surface area contributed by atoms with Crippen LogP contribution in [0.4, 0.5) is 10.5 Å². The maximum atomic E-state index is 12.5. The number of aromatic nitrogens is 1. The van der Waals surface area contributed by atoms with E-state index in [1.165, 1.54) is 0 Å². The first-order chi connectivity index (χ1) is 14.1. The van der Waals surface area contributed by atoms with Crippen LogP contribution in [0.3, 0.4) is 0 Å². The molecule has 1 saturated heterocycles. The number of amides is 2. The molecule has 0 radical (unpaired) electrons. The summed E-state index contributed by atoms with van der Waals surface area (Å²) in [4.78, 5) is 31.6. The first-order valence-corrected chi connectivity index (χ1v) is 10.1. The summed E-state index contributed by atoms with van der Waals surface area (Å²) in [5.41, 5.74) is 5.28. The third kappa shape index (κ3) is 4.05. The number of hydrogen-bond acceptors (Lipinski definition) is 4. The molecule has 0 spiro atoms. The molecule has 1 fully saturated rings. The van der Waals surface area contributed by atoms with Crippen molar-refractivity contribution < 1.29 is 14.3 Å². The van der Waals surface area contributed by atoms with Gasteiger partial charge in [-0.15, -0.1) is 0 Å². The number of nitrogens with one attached hydrogen (secondary N) is 2. The topological polar surface area (TPSA) is 77.7 Å². The smallest absolute Gasteiger partial charge is 0.410 e. The Morgan fingerprint density at radius 2 is 2.00 bits per heavy atom. The molecule has 0 unspecified atom stereocenters. The van der Waals surface area contributed by atoms with Crippen molar-refractivity contribution in [2.24, 2.45) is 0 Å². The summed E-state index contributed by atoms with van der Waals surface area (Å²) in [6.07, 6.45) is 1.60. The zero-order valence-electron chi connectivity index (χ0n) is 16.8. The second kappa shape index (κ2) is 8.13. The lowest BCUT2D eigenvalue weighted by Crippen LogP contribution is -2.23. The molecule has 7 nitrogen and oxygen atoms in total. The van der Waals surface area contributed by atoms with Crippen molar-refractivity contribution in [3.05, 3.63) is 52.8 Å². The Hall–Kier alpha value is -3.06. The van der Waals surface area contributed by atoms with Crippen molar-refractivity contribution in [1.82, 2.24) is 14.8 Å². The molecule has 0 aliphatic carbocycles. The molecule has 2 aliphatic rings. The molecule has 2 aliphatic heterocycles. The molecular weight excluding hydrogens is 368 g/mol. The molecule has 4 rings (SSSR count). The summed E-state index contributed by atoms with van der Waals surface area (Å²) in [6.45, 7) is 8.64. The first-order valence-electron chi connectivity index (χ1n) is 10.1. The number of carbonyl (C=O) groups excluding carboxylic acids is 2. The van der Waals surface area contributed by atoms with Crippen LogP contribution in [0.25, 0.3) is 11.6 Å². The second-order valence-electron chi connectivity index (χ2n) is 7.33. The predicted octanol–water partition coefficient (Wildman–Crippen LogP) is 3.30. The summed E-state index contributed by atoms with van der Waals surface area (Å²) in [7, 11) is 0. The van der Waals surface area contributed by atoms with E-state index >= 15 is 0 Å². The SMILES string of the molecule is CCN(CC)Cc1ccc(/C=C2/C(=O)Nc3ccc(CN4CCOC4=O)cc32)[nH]1. The normalized spacial score (nSPS) is 17.2. The summed E-state index contributed by atoms with van der Waals surface area (Å²) in [6, 6.07) is 9.87. The number of cyclic esters (lactones) is 1. The quantitative estimate of drug-likeness (QED) is 0.707. The zero-order valence-corrected chi connectivity index (χ0v) is 16.8. The lowest BCUT2D eigenvalue weighted by Gasteiger charge is -2.16. The van der Waals surface area contributed by atoms with Crippen LogP contribution in [0.15, 0.2) is 30.3 Å². The van der Waals surface area contributed by atoms with E-state index in [2.05, 4.69) is 35.1 Å². The molecule has 1 aromatic carbocycles. The highest BCUT2D eigenvalue weighted by molar-refractivity contribution is 6.34. The van der Waals surface area contributed by atoms with Gasteiger partial charge in [0, 0.05) is 35.7 Å². The van der Waals surface area contributed by atoms with Crippen LogP contribution in [-0.2, 0) is 22.6 Å². The highest BCUT2D eigenvalue weighted by Gasteiger charge is 2.26. The van der Waals surface area contributed by atoms with Gasteiger partial charge in [0.25, 0.3) is 5.91 Å². The largest absolute Gasteiger partial charge is 0.448 e. The summed E-state index contributed by atoms with van der Waals surface area (Å²) < 4.78 is 4.99. The fourth-order valence-corrected chi connectivity index (χ4v) is 3.75. The van der Waals surface area contributed by atoms with Gasteiger partial charge >= 0.3 is 6.09 Å². The van der Waals surface area contributed by atoms with E-state index in [-0.39, 0.29) is 12.0 Å². The van der Waals surface area contributed by atoms with Gasteiger partial charge in [-0.25, -0.2) is 4.79 Å². The minimum atomic E-state index is -0.289. The Labute approximate surface area is 170 Å². The van der Waals surface area contributed by atoms with Crippen LogP contribution < -0.4 is 5.32 Å². The molecule has 29 heavy (non-hydrogen) atoms.